The van der Waals surface area contributed by atoms with Gasteiger partial charge in [0.15, 0.2) is 11.6 Å². The van der Waals surface area contributed by atoms with Gasteiger partial charge in [-0.05, 0) is 35.8 Å². The van der Waals surface area contributed by atoms with Crippen molar-refractivity contribution >= 4 is 27.4 Å². The number of anilines is 1. The number of benzene rings is 1. The molecule has 0 amide bonds. The summed E-state index contributed by atoms with van der Waals surface area (Å²) in [5, 5.41) is 21.1. The summed E-state index contributed by atoms with van der Waals surface area (Å²) in [6, 6.07) is 3.53. The summed E-state index contributed by atoms with van der Waals surface area (Å²) in [6.45, 7) is -0.349. The number of carboxylic acid groups (broad SMARTS) is 1. The Balaban J connectivity index is 1.76. The molecule has 3 N–H and O–H groups in total. The quantitative estimate of drug-likeness (QED) is 0.648. The standard InChI is InChI=1S/C18H17F2N3O5S/c19-13-6-14(20)8-15(7-13)29(27,28)23-3-1-11(2-4-23)12-5-16(24)18(21-9-12)22-10-17(25)26/h1,5-9,24H,2-4,10H2,(H,21,22)(H,25,26). The van der Waals surface area contributed by atoms with Gasteiger partial charge in [0, 0.05) is 25.4 Å². The molecule has 0 atom stereocenters. The van der Waals surface area contributed by atoms with Crippen LogP contribution in [0.1, 0.15) is 12.0 Å². The Morgan fingerprint density at radius 2 is 1.90 bits per heavy atom. The molecule has 0 saturated carbocycles. The van der Waals surface area contributed by atoms with E-state index >= 15 is 0 Å². The molecule has 29 heavy (non-hydrogen) atoms. The average Bonchev–Trinajstić information content (AvgIpc) is 2.66. The molecule has 2 heterocycles. The highest BCUT2D eigenvalue weighted by atomic mass is 32.2. The van der Waals surface area contributed by atoms with Crippen molar-refractivity contribution in [2.75, 3.05) is 25.0 Å². The van der Waals surface area contributed by atoms with Gasteiger partial charge < -0.3 is 15.5 Å². The molecule has 1 aromatic carbocycles. The van der Waals surface area contributed by atoms with Gasteiger partial charge in [0.1, 0.15) is 18.2 Å². The zero-order chi connectivity index (χ0) is 21.2. The van der Waals surface area contributed by atoms with Gasteiger partial charge in [-0.25, -0.2) is 22.2 Å². The lowest BCUT2D eigenvalue weighted by molar-refractivity contribution is -0.134. The fraction of sp³-hybridized carbons (Fsp3) is 0.222. The first-order chi connectivity index (χ1) is 13.7. The maximum atomic E-state index is 13.4. The Bertz CT molecular complexity index is 1070. The highest BCUT2D eigenvalue weighted by Gasteiger charge is 2.27. The topological polar surface area (TPSA) is 120 Å². The van der Waals surface area contributed by atoms with Crippen molar-refractivity contribution < 1.29 is 32.2 Å². The lowest BCUT2D eigenvalue weighted by Gasteiger charge is -2.26. The van der Waals surface area contributed by atoms with Crippen LogP contribution in [0.25, 0.3) is 5.57 Å². The number of rotatable bonds is 6. The number of aromatic nitrogens is 1. The van der Waals surface area contributed by atoms with Crippen LogP contribution in [-0.4, -0.2) is 53.5 Å². The third-order valence-corrected chi connectivity index (χ3v) is 6.13. The molecule has 0 saturated heterocycles. The highest BCUT2D eigenvalue weighted by Crippen LogP contribution is 2.30. The Labute approximate surface area is 165 Å². The molecular weight excluding hydrogens is 408 g/mol. The van der Waals surface area contributed by atoms with E-state index in [1.165, 1.54) is 12.3 Å². The minimum atomic E-state index is -4.06. The molecule has 0 unspecified atom stereocenters. The summed E-state index contributed by atoms with van der Waals surface area (Å²) in [6.07, 6.45) is 3.35. The van der Waals surface area contributed by atoms with Crippen molar-refractivity contribution in [3.63, 3.8) is 0 Å². The zero-order valence-electron chi connectivity index (χ0n) is 15.0. The third kappa shape index (κ3) is 4.69. The Hall–Kier alpha value is -3.05. The van der Waals surface area contributed by atoms with Gasteiger partial charge in [-0.1, -0.05) is 6.08 Å². The van der Waals surface area contributed by atoms with Crippen molar-refractivity contribution in [3.8, 4) is 5.75 Å². The van der Waals surface area contributed by atoms with Gasteiger partial charge in [-0.3, -0.25) is 4.79 Å². The first-order valence-corrected chi connectivity index (χ1v) is 9.91. The van der Waals surface area contributed by atoms with Crippen LogP contribution in [-0.2, 0) is 14.8 Å². The molecule has 8 nitrogen and oxygen atoms in total. The van der Waals surface area contributed by atoms with E-state index < -0.39 is 39.1 Å². The molecule has 0 aliphatic carbocycles. The monoisotopic (exact) mass is 425 g/mol. The van der Waals surface area contributed by atoms with E-state index in [0.717, 1.165) is 22.0 Å². The minimum Gasteiger partial charge on any atom is -0.504 e. The fourth-order valence-electron chi connectivity index (χ4n) is 2.88. The zero-order valence-corrected chi connectivity index (χ0v) is 15.8. The molecule has 154 valence electrons. The number of sulfonamides is 1. The molecule has 0 spiro atoms. The number of nitrogens with one attached hydrogen (secondary N) is 1. The summed E-state index contributed by atoms with van der Waals surface area (Å²) in [5.74, 6) is -3.28. The van der Waals surface area contributed by atoms with Crippen LogP contribution in [0.3, 0.4) is 0 Å². The Kier molecular flexibility index (Phi) is 5.80. The van der Waals surface area contributed by atoms with Crippen LogP contribution in [0.5, 0.6) is 5.75 Å². The molecule has 3 rings (SSSR count). The SMILES string of the molecule is O=C(O)CNc1ncc(C2=CCN(S(=O)(=O)c3cc(F)cc(F)c3)CC2)cc1O. The number of hydrogen-bond donors (Lipinski definition) is 3. The van der Waals surface area contributed by atoms with E-state index in [1.54, 1.807) is 6.08 Å². The van der Waals surface area contributed by atoms with Crippen molar-refractivity contribution in [1.29, 1.82) is 0 Å². The van der Waals surface area contributed by atoms with Crippen molar-refractivity contribution in [2.24, 2.45) is 0 Å². The van der Waals surface area contributed by atoms with Crippen LogP contribution < -0.4 is 5.32 Å². The largest absolute Gasteiger partial charge is 0.504 e. The fourth-order valence-corrected chi connectivity index (χ4v) is 4.31. The molecule has 11 heteroatoms. The Morgan fingerprint density at radius 1 is 1.21 bits per heavy atom. The van der Waals surface area contributed by atoms with Crippen molar-refractivity contribution in [2.45, 2.75) is 11.3 Å². The predicted molar refractivity (Wildman–Crippen MR) is 99.7 cm³/mol. The average molecular weight is 425 g/mol. The van der Waals surface area contributed by atoms with E-state index in [9.17, 15) is 27.1 Å². The highest BCUT2D eigenvalue weighted by molar-refractivity contribution is 7.89. The lowest BCUT2D eigenvalue weighted by atomic mass is 10.0. The summed E-state index contributed by atoms with van der Waals surface area (Å²) in [4.78, 5) is 14.1. The second kappa shape index (κ2) is 8.13. The number of aromatic hydroxyl groups is 1. The smallest absolute Gasteiger partial charge is 0.322 e. The van der Waals surface area contributed by atoms with Crippen LogP contribution in [0.2, 0.25) is 0 Å². The number of nitrogens with zero attached hydrogens (tertiary/aromatic N) is 2. The third-order valence-electron chi connectivity index (χ3n) is 4.29. The normalized spacial score (nSPS) is 15.0. The number of aliphatic carboxylic acids is 1. The molecular formula is C18H17F2N3O5S. The molecule has 1 aliphatic heterocycles. The van der Waals surface area contributed by atoms with Crippen LogP contribution in [0.4, 0.5) is 14.6 Å². The van der Waals surface area contributed by atoms with Crippen LogP contribution >= 0.6 is 0 Å². The minimum absolute atomic E-state index is 0.0183. The van der Waals surface area contributed by atoms with Crippen molar-refractivity contribution in [1.82, 2.24) is 9.29 Å². The maximum absolute atomic E-state index is 13.4. The van der Waals surface area contributed by atoms with Gasteiger partial charge in [0.2, 0.25) is 10.0 Å². The van der Waals surface area contributed by atoms with Gasteiger partial charge >= 0.3 is 5.97 Å². The molecule has 2 aromatic rings. The van der Waals surface area contributed by atoms with E-state index in [1.807, 2.05) is 0 Å². The second-order valence-electron chi connectivity index (χ2n) is 6.29. The van der Waals surface area contributed by atoms with E-state index in [4.69, 9.17) is 5.11 Å². The van der Waals surface area contributed by atoms with Crippen LogP contribution in [0, 0.1) is 11.6 Å². The summed E-state index contributed by atoms with van der Waals surface area (Å²) >= 11 is 0. The number of carbonyl (C=O) groups is 1. The Morgan fingerprint density at radius 3 is 2.45 bits per heavy atom. The summed E-state index contributed by atoms with van der Waals surface area (Å²) in [7, 11) is -4.06. The van der Waals surface area contributed by atoms with Crippen LogP contribution in [0.15, 0.2) is 41.4 Å². The van der Waals surface area contributed by atoms with E-state index in [2.05, 4.69) is 10.3 Å². The second-order valence-corrected chi connectivity index (χ2v) is 8.22. The molecule has 0 fully saturated rings. The predicted octanol–water partition coefficient (Wildman–Crippen LogP) is 2.04. The van der Waals surface area contributed by atoms with Crippen molar-refractivity contribution in [3.05, 3.63) is 53.7 Å². The number of hydrogen-bond acceptors (Lipinski definition) is 6. The first kappa shape index (κ1) is 20.7. The lowest BCUT2D eigenvalue weighted by Crippen LogP contribution is -2.34. The molecule has 1 aromatic heterocycles. The molecule has 0 bridgehead atoms. The molecule has 0 radical (unpaired) electrons. The van der Waals surface area contributed by atoms with Gasteiger partial charge in [0.05, 0.1) is 4.90 Å². The summed E-state index contributed by atoms with van der Waals surface area (Å²) < 4.78 is 53.1. The number of carboxylic acids is 1. The maximum Gasteiger partial charge on any atom is 0.322 e. The number of halogens is 2. The first-order valence-electron chi connectivity index (χ1n) is 8.47. The van der Waals surface area contributed by atoms with E-state index in [0.29, 0.717) is 18.1 Å². The van der Waals surface area contributed by atoms with E-state index in [-0.39, 0.29) is 24.7 Å². The number of pyridine rings is 1. The van der Waals surface area contributed by atoms with Gasteiger partial charge in [-0.15, -0.1) is 0 Å². The van der Waals surface area contributed by atoms with Gasteiger partial charge in [-0.2, -0.15) is 4.31 Å². The van der Waals surface area contributed by atoms with Gasteiger partial charge in [0.25, 0.3) is 0 Å². The molecule has 1 aliphatic rings. The summed E-state index contributed by atoms with van der Waals surface area (Å²) in [5.41, 5.74) is 1.28.